The van der Waals surface area contributed by atoms with E-state index in [1.54, 1.807) is 30.5 Å². The molecule has 0 aliphatic heterocycles. The molecule has 0 amide bonds. The zero-order chi connectivity index (χ0) is 18.8. The lowest BCUT2D eigenvalue weighted by Gasteiger charge is -2.35. The van der Waals surface area contributed by atoms with Gasteiger partial charge in [-0.2, -0.15) is 0 Å². The van der Waals surface area contributed by atoms with Crippen molar-refractivity contribution in [2.75, 3.05) is 6.67 Å². The second kappa shape index (κ2) is 7.12. The molecule has 1 aromatic heterocycles. The van der Waals surface area contributed by atoms with Gasteiger partial charge < -0.3 is 5.11 Å². The standard InChI is InChI=1S/C22H23F2NO/c1-21(2,18-8-4-5-9-19(18)24)14-22(26,15-23)13-16-11-12-25-20-10-6-3-7-17(16)20/h3-12,26H,13-15H2,1-2H3. The maximum absolute atomic E-state index is 14.2. The largest absolute Gasteiger partial charge is 0.387 e. The highest BCUT2D eigenvalue weighted by Crippen LogP contribution is 2.36. The van der Waals surface area contributed by atoms with Gasteiger partial charge in [0.15, 0.2) is 0 Å². The Bertz CT molecular complexity index is 904. The number of hydrogen-bond acceptors (Lipinski definition) is 2. The average molecular weight is 355 g/mol. The van der Waals surface area contributed by atoms with Gasteiger partial charge in [0, 0.05) is 18.0 Å². The van der Waals surface area contributed by atoms with Crippen molar-refractivity contribution in [3.8, 4) is 0 Å². The molecule has 0 radical (unpaired) electrons. The van der Waals surface area contributed by atoms with Gasteiger partial charge >= 0.3 is 0 Å². The Morgan fingerprint density at radius 2 is 1.69 bits per heavy atom. The van der Waals surface area contributed by atoms with Gasteiger partial charge in [-0.1, -0.05) is 50.2 Å². The normalized spacial score (nSPS) is 14.3. The van der Waals surface area contributed by atoms with Crippen molar-refractivity contribution in [3.63, 3.8) is 0 Å². The van der Waals surface area contributed by atoms with Crippen molar-refractivity contribution < 1.29 is 13.9 Å². The second-order valence-electron chi connectivity index (χ2n) is 7.56. The van der Waals surface area contributed by atoms with Crippen molar-refractivity contribution in [3.05, 3.63) is 77.7 Å². The van der Waals surface area contributed by atoms with Crippen molar-refractivity contribution >= 4 is 10.9 Å². The molecule has 0 fully saturated rings. The lowest BCUT2D eigenvalue weighted by atomic mass is 9.73. The summed E-state index contributed by atoms with van der Waals surface area (Å²) in [5.41, 5.74) is -0.184. The van der Waals surface area contributed by atoms with E-state index in [-0.39, 0.29) is 18.7 Å². The van der Waals surface area contributed by atoms with Gasteiger partial charge in [-0.15, -0.1) is 0 Å². The smallest absolute Gasteiger partial charge is 0.126 e. The molecule has 0 saturated carbocycles. The summed E-state index contributed by atoms with van der Waals surface area (Å²) in [4.78, 5) is 4.31. The fraction of sp³-hybridized carbons (Fsp3) is 0.318. The zero-order valence-electron chi connectivity index (χ0n) is 15.0. The van der Waals surface area contributed by atoms with Gasteiger partial charge in [-0.05, 0) is 41.2 Å². The first-order valence-electron chi connectivity index (χ1n) is 8.71. The van der Waals surface area contributed by atoms with Crippen LogP contribution in [0, 0.1) is 5.82 Å². The minimum atomic E-state index is -1.59. The lowest BCUT2D eigenvalue weighted by Crippen LogP contribution is -2.41. The van der Waals surface area contributed by atoms with Crippen LogP contribution in [-0.2, 0) is 11.8 Å². The number of nitrogens with zero attached hydrogens (tertiary/aromatic N) is 1. The van der Waals surface area contributed by atoms with Crippen LogP contribution in [0.25, 0.3) is 10.9 Å². The minimum Gasteiger partial charge on any atom is -0.387 e. The number of para-hydroxylation sites is 1. The van der Waals surface area contributed by atoms with Crippen LogP contribution in [0.15, 0.2) is 60.8 Å². The summed E-state index contributed by atoms with van der Waals surface area (Å²) < 4.78 is 28.1. The molecule has 2 aromatic carbocycles. The first-order chi connectivity index (χ1) is 12.3. The van der Waals surface area contributed by atoms with Crippen molar-refractivity contribution in [2.24, 2.45) is 0 Å². The molecule has 0 bridgehead atoms. The highest BCUT2D eigenvalue weighted by atomic mass is 19.1. The van der Waals surface area contributed by atoms with E-state index >= 15 is 0 Å². The van der Waals surface area contributed by atoms with Crippen LogP contribution in [0.2, 0.25) is 0 Å². The Labute approximate surface area is 152 Å². The number of halogens is 2. The Morgan fingerprint density at radius 1 is 1.00 bits per heavy atom. The predicted octanol–water partition coefficient (Wildman–Crippen LogP) is 4.98. The summed E-state index contributed by atoms with van der Waals surface area (Å²) in [6.07, 6.45) is 1.91. The lowest BCUT2D eigenvalue weighted by molar-refractivity contribution is -0.00873. The van der Waals surface area contributed by atoms with Gasteiger partial charge in [0.25, 0.3) is 0 Å². The molecule has 26 heavy (non-hydrogen) atoms. The molecule has 0 saturated heterocycles. The molecular formula is C22H23F2NO. The molecular weight excluding hydrogens is 332 g/mol. The van der Waals surface area contributed by atoms with Crippen molar-refractivity contribution in [2.45, 2.75) is 37.7 Å². The number of benzene rings is 2. The number of aliphatic hydroxyl groups is 1. The molecule has 1 atom stereocenters. The fourth-order valence-electron chi connectivity index (χ4n) is 3.75. The SMILES string of the molecule is CC(C)(CC(O)(CF)Cc1ccnc2ccccc12)c1ccccc1F. The summed E-state index contributed by atoms with van der Waals surface area (Å²) in [7, 11) is 0. The van der Waals surface area contributed by atoms with E-state index in [0.717, 1.165) is 16.5 Å². The summed E-state index contributed by atoms with van der Waals surface area (Å²) in [5.74, 6) is -0.340. The Balaban J connectivity index is 1.92. The minimum absolute atomic E-state index is 0.105. The molecule has 136 valence electrons. The third kappa shape index (κ3) is 3.75. The Hall–Kier alpha value is -2.33. The van der Waals surface area contributed by atoms with Crippen LogP contribution in [0.5, 0.6) is 0 Å². The molecule has 1 heterocycles. The topological polar surface area (TPSA) is 33.1 Å². The third-order valence-corrected chi connectivity index (χ3v) is 4.88. The van der Waals surface area contributed by atoms with E-state index in [1.807, 2.05) is 38.1 Å². The van der Waals surface area contributed by atoms with Crippen LogP contribution < -0.4 is 0 Å². The maximum Gasteiger partial charge on any atom is 0.126 e. The van der Waals surface area contributed by atoms with Gasteiger partial charge in [0.2, 0.25) is 0 Å². The van der Waals surface area contributed by atoms with E-state index in [1.165, 1.54) is 6.07 Å². The average Bonchev–Trinajstić information content (AvgIpc) is 2.62. The number of aromatic nitrogens is 1. The summed E-state index contributed by atoms with van der Waals surface area (Å²) >= 11 is 0. The quantitative estimate of drug-likeness (QED) is 0.676. The molecule has 4 heteroatoms. The van der Waals surface area contributed by atoms with E-state index in [4.69, 9.17) is 0 Å². The molecule has 2 nitrogen and oxygen atoms in total. The maximum atomic E-state index is 14.2. The van der Waals surface area contributed by atoms with Gasteiger partial charge in [0.1, 0.15) is 12.5 Å². The van der Waals surface area contributed by atoms with Crippen LogP contribution in [0.4, 0.5) is 8.78 Å². The molecule has 0 spiro atoms. The fourth-order valence-corrected chi connectivity index (χ4v) is 3.75. The summed E-state index contributed by atoms with van der Waals surface area (Å²) in [6.45, 7) is 2.76. The van der Waals surface area contributed by atoms with Gasteiger partial charge in [-0.3, -0.25) is 4.98 Å². The summed E-state index contributed by atoms with van der Waals surface area (Å²) in [5, 5.41) is 11.9. The van der Waals surface area contributed by atoms with Crippen molar-refractivity contribution in [1.82, 2.24) is 4.98 Å². The highest BCUT2D eigenvalue weighted by molar-refractivity contribution is 5.81. The molecule has 0 aliphatic rings. The first-order valence-corrected chi connectivity index (χ1v) is 8.71. The summed E-state index contributed by atoms with van der Waals surface area (Å²) in [6, 6.07) is 15.9. The number of fused-ring (bicyclic) bond motifs is 1. The first kappa shape index (κ1) is 18.5. The third-order valence-electron chi connectivity index (χ3n) is 4.88. The van der Waals surface area contributed by atoms with Gasteiger partial charge in [-0.25, -0.2) is 8.78 Å². The molecule has 3 aromatic rings. The van der Waals surface area contributed by atoms with E-state index in [2.05, 4.69) is 4.98 Å². The van der Waals surface area contributed by atoms with Crippen LogP contribution in [0.1, 0.15) is 31.4 Å². The number of alkyl halides is 1. The number of pyridine rings is 1. The van der Waals surface area contributed by atoms with E-state index in [0.29, 0.717) is 5.56 Å². The van der Waals surface area contributed by atoms with Crippen molar-refractivity contribution in [1.29, 1.82) is 0 Å². The van der Waals surface area contributed by atoms with E-state index < -0.39 is 17.7 Å². The van der Waals surface area contributed by atoms with Crippen LogP contribution >= 0.6 is 0 Å². The van der Waals surface area contributed by atoms with Crippen LogP contribution in [0.3, 0.4) is 0 Å². The second-order valence-corrected chi connectivity index (χ2v) is 7.56. The molecule has 3 rings (SSSR count). The van der Waals surface area contributed by atoms with Gasteiger partial charge in [0.05, 0.1) is 11.1 Å². The van der Waals surface area contributed by atoms with E-state index in [9.17, 15) is 13.9 Å². The van der Waals surface area contributed by atoms with Crippen LogP contribution in [-0.4, -0.2) is 22.4 Å². The highest BCUT2D eigenvalue weighted by Gasteiger charge is 2.37. The Morgan fingerprint density at radius 3 is 2.42 bits per heavy atom. The number of rotatable bonds is 6. The molecule has 1 N–H and O–H groups in total. The monoisotopic (exact) mass is 355 g/mol. The predicted molar refractivity (Wildman–Crippen MR) is 100 cm³/mol. The molecule has 1 unspecified atom stereocenters. The Kier molecular flexibility index (Phi) is 5.05. The number of hydrogen-bond donors (Lipinski definition) is 1. The zero-order valence-corrected chi connectivity index (χ0v) is 15.0. The molecule has 0 aliphatic carbocycles.